The van der Waals surface area contributed by atoms with Gasteiger partial charge in [-0.25, -0.2) is 4.39 Å². The lowest BCUT2D eigenvalue weighted by atomic mass is 9.72. The van der Waals surface area contributed by atoms with E-state index < -0.39 is 47.4 Å². The molecule has 5 aromatic rings. The molecule has 317 valence electrons. The Balaban J connectivity index is 1.52. The van der Waals surface area contributed by atoms with Gasteiger partial charge in [0.25, 0.3) is 0 Å². The zero-order valence-corrected chi connectivity index (χ0v) is 36.8. The summed E-state index contributed by atoms with van der Waals surface area (Å²) in [4.78, 5) is 0. The van der Waals surface area contributed by atoms with Crippen LogP contribution in [0.15, 0.2) is 121 Å². The van der Waals surface area contributed by atoms with Gasteiger partial charge in [-0.15, -0.1) is 0 Å². The van der Waals surface area contributed by atoms with Crippen molar-refractivity contribution in [2.75, 3.05) is 13.7 Å². The van der Waals surface area contributed by atoms with E-state index in [-0.39, 0.29) is 49.6 Å². The molecule has 6 rings (SSSR count). The molecule has 0 amide bonds. The molecule has 3 radical (unpaired) electrons. The molecule has 1 unspecified atom stereocenters. The largest absolute Gasteiger partial charge is 0.491 e. The first-order valence-electron chi connectivity index (χ1n) is 20.2. The molecule has 60 heavy (non-hydrogen) atoms. The first-order valence-corrected chi connectivity index (χ1v) is 21.0. The molecule has 1 aliphatic heterocycles. The Hall–Kier alpha value is -3.97. The molecule has 1 saturated heterocycles. The van der Waals surface area contributed by atoms with Crippen LogP contribution >= 0.6 is 11.6 Å². The van der Waals surface area contributed by atoms with Crippen molar-refractivity contribution in [1.29, 1.82) is 0 Å². The number of hydrogen-bond acceptors (Lipinski definition) is 7. The van der Waals surface area contributed by atoms with Gasteiger partial charge in [0.1, 0.15) is 18.3 Å². The van der Waals surface area contributed by atoms with E-state index in [0.29, 0.717) is 22.6 Å². The maximum atomic E-state index is 15.6. The summed E-state index contributed by atoms with van der Waals surface area (Å²) in [5, 5.41) is 0.349. The van der Waals surface area contributed by atoms with Gasteiger partial charge in [0, 0.05) is 30.5 Å². The fourth-order valence-corrected chi connectivity index (χ4v) is 8.08. The van der Waals surface area contributed by atoms with Crippen LogP contribution in [0.1, 0.15) is 74.4 Å². The molecule has 5 aromatic carbocycles. The highest BCUT2D eigenvalue weighted by atomic mass is 35.5. The molecule has 11 heteroatoms. The molecule has 0 N–H and O–H groups in total. The lowest BCUT2D eigenvalue weighted by molar-refractivity contribution is -0.386. The highest BCUT2D eigenvalue weighted by Gasteiger charge is 2.60. The van der Waals surface area contributed by atoms with E-state index in [1.807, 2.05) is 104 Å². The number of halogens is 3. The Morgan fingerprint density at radius 3 is 1.77 bits per heavy atom. The van der Waals surface area contributed by atoms with Crippen LogP contribution < -0.4 is 4.74 Å². The van der Waals surface area contributed by atoms with Crippen molar-refractivity contribution < 1.29 is 41.6 Å². The topological polar surface area (TPSA) is 64.6 Å². The van der Waals surface area contributed by atoms with Crippen LogP contribution in [-0.4, -0.2) is 54.2 Å². The average molecular weight is 856 g/mol. The minimum Gasteiger partial charge on any atom is -0.491 e. The van der Waals surface area contributed by atoms with Crippen molar-refractivity contribution in [3.8, 4) is 5.75 Å². The Labute approximate surface area is 361 Å². The Morgan fingerprint density at radius 2 is 1.25 bits per heavy atom. The second-order valence-corrected chi connectivity index (χ2v) is 16.9. The minimum atomic E-state index is -1.65. The molecule has 1 aliphatic rings. The molecular weight excluding hydrogens is 802 g/mol. The van der Waals surface area contributed by atoms with Crippen LogP contribution in [0.2, 0.25) is 5.02 Å². The van der Waals surface area contributed by atoms with Gasteiger partial charge in [-0.2, -0.15) is 4.39 Å². The molecule has 0 aliphatic carbocycles. The SMILES string of the molecule is CCOc1ccc(Cc2cc([C@]3(OC)O[C@H](CC(C)(O[Si])C(C)(C)C)[C@@H](OCc4ccccc4)[C@H](OCc4ccccc4)[C@H]3OCc3ccccc3)ccc2Cl)c(F)c1F. The third kappa shape index (κ3) is 10.4. The van der Waals surface area contributed by atoms with Gasteiger partial charge >= 0.3 is 0 Å². The summed E-state index contributed by atoms with van der Waals surface area (Å²) in [7, 11) is 5.00. The van der Waals surface area contributed by atoms with Crippen LogP contribution in [-0.2, 0) is 60.1 Å². The van der Waals surface area contributed by atoms with E-state index in [0.717, 1.165) is 16.7 Å². The molecule has 0 aromatic heterocycles. The normalized spacial score (nSPS) is 21.7. The average Bonchev–Trinajstić information content (AvgIpc) is 3.25. The highest BCUT2D eigenvalue weighted by Crippen LogP contribution is 2.48. The summed E-state index contributed by atoms with van der Waals surface area (Å²) in [5.41, 5.74) is 2.81. The van der Waals surface area contributed by atoms with Gasteiger partial charge in [-0.05, 0) is 65.3 Å². The third-order valence-corrected chi connectivity index (χ3v) is 12.3. The van der Waals surface area contributed by atoms with E-state index in [2.05, 4.69) is 31.3 Å². The van der Waals surface area contributed by atoms with E-state index >= 15 is 8.78 Å². The van der Waals surface area contributed by atoms with Crippen molar-refractivity contribution >= 4 is 22.1 Å². The minimum absolute atomic E-state index is 0.0311. The molecule has 0 bridgehead atoms. The smallest absolute Gasteiger partial charge is 0.247 e. The maximum Gasteiger partial charge on any atom is 0.247 e. The molecule has 0 saturated carbocycles. The summed E-state index contributed by atoms with van der Waals surface area (Å²) < 4.78 is 77.1. The second kappa shape index (κ2) is 20.3. The second-order valence-electron chi connectivity index (χ2n) is 16.3. The summed E-state index contributed by atoms with van der Waals surface area (Å²) in [6.07, 6.45) is -2.89. The Morgan fingerprint density at radius 1 is 0.700 bits per heavy atom. The van der Waals surface area contributed by atoms with Crippen LogP contribution in [0.4, 0.5) is 8.78 Å². The lowest BCUT2D eigenvalue weighted by Gasteiger charge is -2.54. The third-order valence-electron chi connectivity index (χ3n) is 11.5. The predicted molar refractivity (Wildman–Crippen MR) is 230 cm³/mol. The molecular formula is C49H54ClF2O7Si. The van der Waals surface area contributed by atoms with Gasteiger partial charge in [-0.3, -0.25) is 0 Å². The molecule has 7 nitrogen and oxygen atoms in total. The van der Waals surface area contributed by atoms with Crippen LogP contribution in [0.5, 0.6) is 5.75 Å². The van der Waals surface area contributed by atoms with E-state index in [4.69, 9.17) is 44.4 Å². The zero-order chi connectivity index (χ0) is 42.9. The number of hydrogen-bond donors (Lipinski definition) is 0. The fraction of sp³-hybridized carbons (Fsp3) is 0.388. The quantitative estimate of drug-likeness (QED) is 0.0814. The van der Waals surface area contributed by atoms with Crippen molar-refractivity contribution in [3.05, 3.63) is 171 Å². The summed E-state index contributed by atoms with van der Waals surface area (Å²) >= 11 is 6.86. The number of methoxy groups -OCH3 is 1. The van der Waals surface area contributed by atoms with Gasteiger partial charge in [0.15, 0.2) is 11.6 Å². The highest BCUT2D eigenvalue weighted by molar-refractivity contribution is 6.31. The lowest BCUT2D eigenvalue weighted by Crippen LogP contribution is -2.66. The molecule has 6 atom stereocenters. The van der Waals surface area contributed by atoms with E-state index in [1.54, 1.807) is 26.2 Å². The van der Waals surface area contributed by atoms with Gasteiger partial charge < -0.3 is 32.8 Å². The van der Waals surface area contributed by atoms with Crippen molar-refractivity contribution in [1.82, 2.24) is 0 Å². The first kappa shape index (κ1) is 45.6. The summed E-state index contributed by atoms with van der Waals surface area (Å²) in [5.74, 6) is -3.87. The molecule has 0 spiro atoms. The molecule has 1 fully saturated rings. The summed E-state index contributed by atoms with van der Waals surface area (Å²) in [6, 6.07) is 37.9. The van der Waals surface area contributed by atoms with Gasteiger partial charge in [-0.1, -0.05) is 136 Å². The van der Waals surface area contributed by atoms with Gasteiger partial charge in [0.2, 0.25) is 22.1 Å². The predicted octanol–water partition coefficient (Wildman–Crippen LogP) is 10.9. The van der Waals surface area contributed by atoms with Crippen molar-refractivity contribution in [2.24, 2.45) is 5.41 Å². The van der Waals surface area contributed by atoms with Crippen LogP contribution in [0.3, 0.4) is 0 Å². The van der Waals surface area contributed by atoms with E-state index in [9.17, 15) is 0 Å². The Bertz CT molecular complexity index is 2120. The zero-order valence-electron chi connectivity index (χ0n) is 35.1. The number of rotatable bonds is 18. The first-order chi connectivity index (χ1) is 28.8. The molecule has 1 heterocycles. The standard InChI is InChI=1S/C49H54ClF2O7Si/c1-7-54-40-26-23-36(42(51)43(40)52)27-37-28-38(24-25-39(37)50)49(53-6)46(57-32-35-21-15-10-16-22-35)45(56-31-34-19-13-9-14-20-34)44(55-30-33-17-11-8-12-18-33)41(58-49)29-48(5,59-60)47(2,3)4/h8-26,28,41,44-46H,7,27,29-32H2,1-6H3/t41-,44-,45+,46-,48?,49+/m1/s1. The van der Waals surface area contributed by atoms with Gasteiger partial charge in [0.05, 0.1) is 38.1 Å². The van der Waals surface area contributed by atoms with Crippen molar-refractivity contribution in [3.63, 3.8) is 0 Å². The fourth-order valence-electron chi connectivity index (χ4n) is 7.51. The van der Waals surface area contributed by atoms with Crippen molar-refractivity contribution in [2.45, 2.75) is 103 Å². The summed E-state index contributed by atoms with van der Waals surface area (Å²) in [6.45, 7) is 10.9. The monoisotopic (exact) mass is 855 g/mol. The Kier molecular flexibility index (Phi) is 15.4. The van der Waals surface area contributed by atoms with Crippen LogP contribution in [0.25, 0.3) is 0 Å². The van der Waals surface area contributed by atoms with E-state index in [1.165, 1.54) is 12.1 Å². The number of benzene rings is 5. The number of ether oxygens (including phenoxy) is 6. The van der Waals surface area contributed by atoms with Crippen LogP contribution in [0, 0.1) is 17.0 Å². The maximum absolute atomic E-state index is 15.6.